The second-order valence-electron chi connectivity index (χ2n) is 9.01. The van der Waals surface area contributed by atoms with Crippen molar-refractivity contribution in [2.75, 3.05) is 28.2 Å². The van der Waals surface area contributed by atoms with Crippen LogP contribution in [0.5, 0.6) is 0 Å². The lowest BCUT2D eigenvalue weighted by Crippen LogP contribution is -2.23. The third kappa shape index (κ3) is 12.8. The predicted octanol–water partition coefficient (Wildman–Crippen LogP) is 4.64. The molecule has 0 aliphatic carbocycles. The van der Waals surface area contributed by atoms with Crippen molar-refractivity contribution in [1.29, 1.82) is 0 Å². The number of H-pyrrole nitrogens is 1. The van der Waals surface area contributed by atoms with Crippen molar-refractivity contribution in [3.05, 3.63) is 116 Å². The van der Waals surface area contributed by atoms with Crippen molar-refractivity contribution in [3.8, 4) is 0 Å². The van der Waals surface area contributed by atoms with Crippen LogP contribution >= 0.6 is 15.9 Å². The second kappa shape index (κ2) is 17.3. The third-order valence-corrected chi connectivity index (χ3v) is 5.49. The maximum atomic E-state index is 13.8. The molecule has 0 saturated heterocycles. The van der Waals surface area contributed by atoms with E-state index in [0.29, 0.717) is 5.56 Å². The smallest absolute Gasteiger partial charge is 0.350 e. The molecule has 0 aliphatic rings. The summed E-state index contributed by atoms with van der Waals surface area (Å²) in [7, 11) is 6.91. The van der Waals surface area contributed by atoms with Gasteiger partial charge in [-0.15, -0.1) is 0 Å². The molecule has 0 unspecified atom stereocenters. The fourth-order valence-corrected chi connectivity index (χ4v) is 3.20. The molecule has 2 aromatic heterocycles. The van der Waals surface area contributed by atoms with Crippen LogP contribution in [0.3, 0.4) is 0 Å². The number of hydrogen-bond donors (Lipinski definition) is 1. The van der Waals surface area contributed by atoms with Crippen LogP contribution in [0.15, 0.2) is 80.5 Å². The molecule has 0 spiro atoms. The number of alkyl halides is 1. The van der Waals surface area contributed by atoms with E-state index in [4.69, 9.17) is 0 Å². The van der Waals surface area contributed by atoms with E-state index in [1.54, 1.807) is 50.1 Å². The fourth-order valence-electron chi connectivity index (χ4n) is 2.83. The highest BCUT2D eigenvalue weighted by molar-refractivity contribution is 9.08. The highest BCUT2D eigenvalue weighted by Gasteiger charge is 2.08. The van der Waals surface area contributed by atoms with E-state index in [1.165, 1.54) is 49.1 Å². The summed E-state index contributed by atoms with van der Waals surface area (Å²) >= 11 is 3.26. The van der Waals surface area contributed by atoms with Crippen LogP contribution in [0.25, 0.3) is 0 Å². The summed E-state index contributed by atoms with van der Waals surface area (Å²) in [5.74, 6) is -2.28. The summed E-state index contributed by atoms with van der Waals surface area (Å²) in [6.45, 7) is 0.112. The average molecular weight is 665 g/mol. The minimum atomic E-state index is -0.699. The van der Waals surface area contributed by atoms with Gasteiger partial charge in [0.15, 0.2) is 23.3 Å². The van der Waals surface area contributed by atoms with Gasteiger partial charge in [-0.2, -0.15) is 9.97 Å². The Bertz CT molecular complexity index is 1620. The molecule has 2 heterocycles. The Morgan fingerprint density at radius 2 is 1.37 bits per heavy atom. The molecule has 4 rings (SSSR count). The number of aliphatic imine (C=N–C) groups is 2. The van der Waals surface area contributed by atoms with Gasteiger partial charge in [0, 0.05) is 39.7 Å². The van der Waals surface area contributed by atoms with Crippen LogP contribution in [0, 0.1) is 23.3 Å². The Labute approximate surface area is 253 Å². The molecule has 0 fully saturated rings. The molecule has 0 saturated carbocycles. The zero-order chi connectivity index (χ0) is 31.9. The number of benzene rings is 2. The van der Waals surface area contributed by atoms with E-state index in [0.717, 1.165) is 27.9 Å². The molecule has 0 amide bonds. The van der Waals surface area contributed by atoms with Gasteiger partial charge in [0.25, 0.3) is 0 Å². The average Bonchev–Trinajstić information content (AvgIpc) is 2.96. The van der Waals surface area contributed by atoms with Crippen LogP contribution in [0.4, 0.5) is 29.2 Å². The molecule has 228 valence electrons. The highest BCUT2D eigenvalue weighted by atomic mass is 79.9. The number of aromatic nitrogens is 4. The lowest BCUT2D eigenvalue weighted by molar-refractivity contribution is 0.580. The molecule has 0 radical (unpaired) electrons. The predicted molar refractivity (Wildman–Crippen MR) is 161 cm³/mol. The molecule has 15 heteroatoms. The van der Waals surface area contributed by atoms with Gasteiger partial charge in [-0.3, -0.25) is 9.55 Å². The van der Waals surface area contributed by atoms with Crippen molar-refractivity contribution in [2.24, 2.45) is 9.98 Å². The standard InChI is InChI=1S/C14H14F2N4O.C7H6BrF.C7H9FN4O/c1-19(2)9-17-13-12(16)8-20(14(21)18-13)7-10-3-5-11(15)6-4-10;8-5-6-1-3-7(9)4-2-6;1-12(2)4-10-6-5(8)3-9-7(13)11-6/h3-6,8-9H,7H2,1-2H3;1-4H,5H2;3-4H,1-2H3,(H,9,11,13). The quantitative estimate of drug-likeness (QED) is 0.133. The lowest BCUT2D eigenvalue weighted by atomic mass is 10.2. The van der Waals surface area contributed by atoms with Gasteiger partial charge in [0.05, 0.1) is 25.4 Å². The fraction of sp³-hybridized carbons (Fsp3) is 0.214. The van der Waals surface area contributed by atoms with Gasteiger partial charge in [-0.25, -0.2) is 37.1 Å². The minimum absolute atomic E-state index is 0.112. The van der Waals surface area contributed by atoms with Gasteiger partial charge in [-0.05, 0) is 35.4 Å². The molecule has 0 bridgehead atoms. The Balaban J connectivity index is 0.000000249. The summed E-state index contributed by atoms with van der Waals surface area (Å²) in [5, 5.41) is 0.785. The van der Waals surface area contributed by atoms with Crippen LogP contribution in [-0.2, 0) is 11.9 Å². The number of nitrogens with zero attached hydrogens (tertiary/aromatic N) is 7. The number of rotatable bonds is 7. The SMILES string of the molecule is CN(C)C=Nc1[nH]c(=O)ncc1F.CN(C)C=Nc1nc(=O)n(Cc2ccc(F)cc2)cc1F.Fc1ccc(CBr)cc1. The Hall–Kier alpha value is -4.66. The Kier molecular flexibility index (Phi) is 13.9. The second-order valence-corrected chi connectivity index (χ2v) is 9.57. The van der Waals surface area contributed by atoms with E-state index in [1.807, 2.05) is 0 Å². The topological polar surface area (TPSA) is 112 Å². The molecule has 0 atom stereocenters. The molecular weight excluding hydrogens is 636 g/mol. The van der Waals surface area contributed by atoms with E-state index < -0.39 is 23.0 Å². The lowest BCUT2D eigenvalue weighted by Gasteiger charge is -2.07. The molecule has 10 nitrogen and oxygen atoms in total. The number of nitrogens with one attached hydrogen (secondary N) is 1. The van der Waals surface area contributed by atoms with E-state index >= 15 is 0 Å². The molecule has 0 aliphatic heterocycles. The highest BCUT2D eigenvalue weighted by Crippen LogP contribution is 2.12. The van der Waals surface area contributed by atoms with Gasteiger partial charge >= 0.3 is 11.4 Å². The molecule has 43 heavy (non-hydrogen) atoms. The summed E-state index contributed by atoms with van der Waals surface area (Å²) in [6, 6.07) is 12.0. The first-order chi connectivity index (χ1) is 20.4. The van der Waals surface area contributed by atoms with Crippen molar-refractivity contribution in [3.63, 3.8) is 0 Å². The maximum absolute atomic E-state index is 13.8. The normalized spacial score (nSPS) is 10.6. The Morgan fingerprint density at radius 1 is 0.837 bits per heavy atom. The molecular formula is C28H29BrF4N8O2. The van der Waals surface area contributed by atoms with Crippen LogP contribution < -0.4 is 11.4 Å². The summed E-state index contributed by atoms with van der Waals surface area (Å²) in [5.41, 5.74) is 0.527. The first kappa shape index (κ1) is 34.5. The largest absolute Gasteiger partial charge is 0.369 e. The van der Waals surface area contributed by atoms with Crippen LogP contribution in [0.1, 0.15) is 11.1 Å². The first-order valence-electron chi connectivity index (χ1n) is 12.4. The van der Waals surface area contributed by atoms with Gasteiger partial charge < -0.3 is 9.80 Å². The summed E-state index contributed by atoms with van der Waals surface area (Å²) in [4.78, 5) is 42.1. The minimum Gasteiger partial charge on any atom is -0.369 e. The van der Waals surface area contributed by atoms with Crippen molar-refractivity contribution in [2.45, 2.75) is 11.9 Å². The zero-order valence-electron chi connectivity index (χ0n) is 23.7. The number of hydrogen-bond acceptors (Lipinski definition) is 6. The van der Waals surface area contributed by atoms with Crippen molar-refractivity contribution in [1.82, 2.24) is 29.3 Å². The Morgan fingerprint density at radius 3 is 1.91 bits per heavy atom. The zero-order valence-corrected chi connectivity index (χ0v) is 25.3. The summed E-state index contributed by atoms with van der Waals surface area (Å²) < 4.78 is 52.8. The van der Waals surface area contributed by atoms with Crippen LogP contribution in [0.2, 0.25) is 0 Å². The molecule has 4 aromatic rings. The first-order valence-corrected chi connectivity index (χ1v) is 13.5. The van der Waals surface area contributed by atoms with E-state index in [2.05, 4.69) is 40.9 Å². The van der Waals surface area contributed by atoms with Crippen molar-refractivity contribution >= 4 is 40.2 Å². The van der Waals surface area contributed by atoms with Gasteiger partial charge in [0.2, 0.25) is 0 Å². The van der Waals surface area contributed by atoms with Crippen molar-refractivity contribution < 1.29 is 17.6 Å². The third-order valence-electron chi connectivity index (χ3n) is 4.84. The maximum Gasteiger partial charge on any atom is 0.350 e. The molecule has 2 aromatic carbocycles. The van der Waals surface area contributed by atoms with E-state index in [9.17, 15) is 27.2 Å². The van der Waals surface area contributed by atoms with Gasteiger partial charge in [0.1, 0.15) is 11.6 Å². The monoisotopic (exact) mass is 664 g/mol. The van der Waals surface area contributed by atoms with Crippen LogP contribution in [-0.4, -0.2) is 70.2 Å². The number of aromatic amines is 1. The number of halogens is 5. The van der Waals surface area contributed by atoms with Gasteiger partial charge in [-0.1, -0.05) is 40.2 Å². The summed E-state index contributed by atoms with van der Waals surface area (Å²) in [6.07, 6.45) is 4.62. The van der Waals surface area contributed by atoms with E-state index in [-0.39, 0.29) is 29.8 Å². The molecule has 1 N–H and O–H groups in total.